The van der Waals surface area contributed by atoms with E-state index in [9.17, 15) is 19.5 Å². The van der Waals surface area contributed by atoms with Crippen molar-refractivity contribution in [2.45, 2.75) is 71.6 Å². The van der Waals surface area contributed by atoms with Crippen LogP contribution < -0.4 is 5.32 Å². The summed E-state index contributed by atoms with van der Waals surface area (Å²) in [6.07, 6.45) is 11.5. The highest BCUT2D eigenvalue weighted by atomic mass is 16.5. The van der Waals surface area contributed by atoms with Gasteiger partial charge in [0.05, 0.1) is 12.6 Å². The Morgan fingerprint density at radius 2 is 2.00 bits per heavy atom. The van der Waals surface area contributed by atoms with Crippen LogP contribution in [0.2, 0.25) is 0 Å². The maximum atomic E-state index is 13.3. The molecule has 3 aliphatic heterocycles. The van der Waals surface area contributed by atoms with E-state index in [1.54, 1.807) is 23.1 Å². The zero-order valence-electron chi connectivity index (χ0n) is 23.0. The van der Waals surface area contributed by atoms with Crippen LogP contribution in [0.1, 0.15) is 53.4 Å². The van der Waals surface area contributed by atoms with Crippen LogP contribution in [0.4, 0.5) is 0 Å². The van der Waals surface area contributed by atoms with Gasteiger partial charge in [-0.05, 0) is 56.3 Å². The van der Waals surface area contributed by atoms with Gasteiger partial charge in [0.1, 0.15) is 17.9 Å². The van der Waals surface area contributed by atoms with Crippen LogP contribution >= 0.6 is 0 Å². The molecule has 206 valence electrons. The molecule has 0 unspecified atom stereocenters. The highest BCUT2D eigenvalue weighted by Gasteiger charge is 2.39. The van der Waals surface area contributed by atoms with Gasteiger partial charge in [0.25, 0.3) is 5.91 Å². The van der Waals surface area contributed by atoms with Crippen molar-refractivity contribution in [3.63, 3.8) is 0 Å². The zero-order valence-corrected chi connectivity index (χ0v) is 23.0. The molecule has 1 fully saturated rings. The van der Waals surface area contributed by atoms with Crippen LogP contribution in [0.25, 0.3) is 0 Å². The van der Waals surface area contributed by atoms with E-state index in [4.69, 9.17) is 4.74 Å². The van der Waals surface area contributed by atoms with Crippen molar-refractivity contribution in [1.29, 1.82) is 0 Å². The molecule has 2 bridgehead atoms. The average Bonchev–Trinajstić information content (AvgIpc) is 3.52. The number of carbonyl (C=O) groups is 3. The third kappa shape index (κ3) is 8.12. The van der Waals surface area contributed by atoms with Crippen molar-refractivity contribution in [1.82, 2.24) is 10.2 Å². The summed E-state index contributed by atoms with van der Waals surface area (Å²) in [6.45, 7) is 13.1. The molecule has 8 heteroatoms. The van der Waals surface area contributed by atoms with Crippen LogP contribution in [-0.4, -0.2) is 71.4 Å². The third-order valence-corrected chi connectivity index (χ3v) is 6.98. The van der Waals surface area contributed by atoms with Crippen LogP contribution in [0.5, 0.6) is 0 Å². The fourth-order valence-electron chi connectivity index (χ4n) is 5.09. The number of carbonyl (C=O) groups excluding carboxylic acids is 3. The first-order valence-corrected chi connectivity index (χ1v) is 13.5. The van der Waals surface area contributed by atoms with E-state index in [-0.39, 0.29) is 23.7 Å². The SMILES string of the molecule is C=C1CC2=CC(=NC2)C(=O)N2CCC[C@@H]2C(=O)O[C@H](C(C)C)[C@H](C)/C=C/C(=O)NC/C=C/C(C)=C/[C@@H](O)C1. The Morgan fingerprint density at radius 3 is 2.74 bits per heavy atom. The number of aliphatic imine (C=N–C) groups is 1. The summed E-state index contributed by atoms with van der Waals surface area (Å²) in [5.74, 6) is -1.11. The quantitative estimate of drug-likeness (QED) is 0.404. The Labute approximate surface area is 225 Å². The molecule has 8 nitrogen and oxygen atoms in total. The number of ether oxygens (including phenoxy) is 1. The lowest BCUT2D eigenvalue weighted by Crippen LogP contribution is -2.45. The van der Waals surface area contributed by atoms with Gasteiger partial charge in [-0.1, -0.05) is 62.8 Å². The molecular weight excluding hydrogens is 482 g/mol. The summed E-state index contributed by atoms with van der Waals surface area (Å²) in [5, 5.41) is 13.3. The molecule has 0 saturated carbocycles. The molecule has 0 aromatic rings. The number of fused-ring (bicyclic) bond motifs is 2. The fraction of sp³-hybridized carbons (Fsp3) is 0.533. The standard InChI is InChI=1S/C30H41N3O5/c1-19(2)28-22(5)10-11-27(35)31-12-6-8-20(3)15-24(34)16-21(4)14-23-17-25(32-18-23)29(36)33-13-7-9-26(33)30(37)38-28/h6,8,10-11,15,17,19,22,24,26,28,34H,4,7,9,12-14,16,18H2,1-3,5H3,(H,31,35)/b8-6+,11-10+,20-15+/t22-,24-,26-,28-/m1/s1. The molecule has 38 heavy (non-hydrogen) atoms. The van der Waals surface area contributed by atoms with Crippen molar-refractivity contribution in [3.8, 4) is 0 Å². The number of nitrogens with one attached hydrogen (secondary N) is 1. The summed E-state index contributed by atoms with van der Waals surface area (Å²) >= 11 is 0. The lowest BCUT2D eigenvalue weighted by molar-refractivity contribution is -0.160. The lowest BCUT2D eigenvalue weighted by Gasteiger charge is -2.29. The van der Waals surface area contributed by atoms with Crippen molar-refractivity contribution in [2.75, 3.05) is 19.6 Å². The molecule has 0 radical (unpaired) electrons. The summed E-state index contributed by atoms with van der Waals surface area (Å²) in [4.78, 5) is 44.8. The molecular formula is C30H41N3O5. The maximum absolute atomic E-state index is 13.3. The highest BCUT2D eigenvalue weighted by Crippen LogP contribution is 2.26. The highest BCUT2D eigenvalue weighted by molar-refractivity contribution is 6.44. The van der Waals surface area contributed by atoms with Crippen molar-refractivity contribution in [3.05, 3.63) is 59.8 Å². The number of rotatable bonds is 1. The minimum absolute atomic E-state index is 0.0209. The minimum atomic E-state index is -0.693. The van der Waals surface area contributed by atoms with Crippen molar-refractivity contribution < 1.29 is 24.2 Å². The molecule has 0 aromatic carbocycles. The van der Waals surface area contributed by atoms with Crippen LogP contribution in [-0.2, 0) is 19.1 Å². The van der Waals surface area contributed by atoms with E-state index in [0.717, 1.165) is 16.7 Å². The van der Waals surface area contributed by atoms with Crippen molar-refractivity contribution in [2.24, 2.45) is 16.8 Å². The Balaban J connectivity index is 1.83. The molecule has 0 aromatic heterocycles. The number of hydrogen-bond donors (Lipinski definition) is 2. The summed E-state index contributed by atoms with van der Waals surface area (Å²) < 4.78 is 5.94. The second-order valence-electron chi connectivity index (χ2n) is 10.8. The predicted octanol–water partition coefficient (Wildman–Crippen LogP) is 3.45. The molecule has 1 saturated heterocycles. The topological polar surface area (TPSA) is 108 Å². The number of hydrogen-bond acceptors (Lipinski definition) is 6. The van der Waals surface area contributed by atoms with Gasteiger partial charge < -0.3 is 20.1 Å². The number of aliphatic hydroxyl groups is 1. The number of cyclic esters (lactones) is 1. The van der Waals surface area contributed by atoms with Gasteiger partial charge in [0.2, 0.25) is 5.91 Å². The molecule has 3 rings (SSSR count). The average molecular weight is 524 g/mol. The molecule has 3 aliphatic rings. The summed E-state index contributed by atoms with van der Waals surface area (Å²) in [5.41, 5.74) is 3.02. The zero-order chi connectivity index (χ0) is 27.8. The molecule has 3 heterocycles. The van der Waals surface area contributed by atoms with Gasteiger partial charge in [-0.3, -0.25) is 14.6 Å². The Hall–Kier alpha value is -3.26. The summed E-state index contributed by atoms with van der Waals surface area (Å²) in [6, 6.07) is -0.656. The van der Waals surface area contributed by atoms with Gasteiger partial charge in [-0.15, -0.1) is 0 Å². The van der Waals surface area contributed by atoms with Gasteiger partial charge in [-0.2, -0.15) is 0 Å². The van der Waals surface area contributed by atoms with Crippen LogP contribution in [0, 0.1) is 11.8 Å². The van der Waals surface area contributed by atoms with E-state index >= 15 is 0 Å². The molecule has 2 amide bonds. The molecule has 2 N–H and O–H groups in total. The Bertz CT molecular complexity index is 1080. The van der Waals surface area contributed by atoms with E-state index in [1.807, 2.05) is 39.8 Å². The number of nitrogens with zero attached hydrogens (tertiary/aromatic N) is 2. The van der Waals surface area contributed by atoms with Gasteiger partial charge in [0, 0.05) is 19.0 Å². The first kappa shape index (κ1) is 29.3. The second kappa shape index (κ2) is 13.5. The Morgan fingerprint density at radius 1 is 1.24 bits per heavy atom. The molecule has 0 spiro atoms. The smallest absolute Gasteiger partial charge is 0.329 e. The summed E-state index contributed by atoms with van der Waals surface area (Å²) in [7, 11) is 0. The Kier molecular flexibility index (Phi) is 10.4. The van der Waals surface area contributed by atoms with Gasteiger partial charge in [-0.25, -0.2) is 4.79 Å². The van der Waals surface area contributed by atoms with Crippen LogP contribution in [0.3, 0.4) is 0 Å². The predicted molar refractivity (Wildman–Crippen MR) is 148 cm³/mol. The minimum Gasteiger partial charge on any atom is -0.460 e. The third-order valence-electron chi connectivity index (χ3n) is 6.98. The normalized spacial score (nSPS) is 31.5. The van der Waals surface area contributed by atoms with Gasteiger partial charge >= 0.3 is 5.97 Å². The van der Waals surface area contributed by atoms with E-state index in [1.165, 1.54) is 6.08 Å². The first-order valence-electron chi connectivity index (χ1n) is 13.5. The fourth-order valence-corrected chi connectivity index (χ4v) is 5.09. The second-order valence-corrected chi connectivity index (χ2v) is 10.8. The van der Waals surface area contributed by atoms with Gasteiger partial charge in [0.15, 0.2) is 0 Å². The number of allylic oxidation sites excluding steroid dienone is 2. The lowest BCUT2D eigenvalue weighted by atomic mass is 9.94. The van der Waals surface area contributed by atoms with E-state index in [2.05, 4.69) is 16.9 Å². The maximum Gasteiger partial charge on any atom is 0.329 e. The molecule has 4 atom stereocenters. The van der Waals surface area contributed by atoms with Crippen LogP contribution in [0.15, 0.2) is 64.7 Å². The monoisotopic (exact) mass is 523 g/mol. The molecule has 0 aliphatic carbocycles. The largest absolute Gasteiger partial charge is 0.460 e. The van der Waals surface area contributed by atoms with E-state index < -0.39 is 24.2 Å². The number of aliphatic hydroxyl groups excluding tert-OH is 1. The first-order chi connectivity index (χ1) is 18.0. The number of amides is 2. The number of esters is 1. The van der Waals surface area contributed by atoms with Crippen molar-refractivity contribution >= 4 is 23.5 Å². The van der Waals surface area contributed by atoms with E-state index in [0.29, 0.717) is 51.0 Å².